The van der Waals surface area contributed by atoms with Crippen LogP contribution in [0.1, 0.15) is 6.92 Å². The van der Waals surface area contributed by atoms with Crippen molar-refractivity contribution in [3.8, 4) is 11.4 Å². The maximum absolute atomic E-state index is 12.7. The van der Waals surface area contributed by atoms with Gasteiger partial charge in [0.05, 0.1) is 12.3 Å². The van der Waals surface area contributed by atoms with E-state index in [1.54, 1.807) is 6.07 Å². The molecule has 0 aliphatic heterocycles. The Bertz CT molecular complexity index is 853. The lowest BCUT2D eigenvalue weighted by Gasteiger charge is -2.12. The highest BCUT2D eigenvalue weighted by atomic mass is 16.5. The van der Waals surface area contributed by atoms with E-state index in [-0.39, 0.29) is 5.56 Å². The topological polar surface area (TPSA) is 57.2 Å². The van der Waals surface area contributed by atoms with Crippen LogP contribution in [0.25, 0.3) is 16.5 Å². The summed E-state index contributed by atoms with van der Waals surface area (Å²) < 4.78 is 6.98. The van der Waals surface area contributed by atoms with Crippen LogP contribution in [-0.4, -0.2) is 11.2 Å². The van der Waals surface area contributed by atoms with Crippen molar-refractivity contribution in [2.24, 2.45) is 0 Å². The average molecular weight is 280 g/mol. The summed E-state index contributed by atoms with van der Waals surface area (Å²) in [7, 11) is 0. The van der Waals surface area contributed by atoms with E-state index in [9.17, 15) is 4.79 Å². The van der Waals surface area contributed by atoms with Crippen LogP contribution in [0.2, 0.25) is 0 Å². The number of benzene rings is 2. The van der Waals surface area contributed by atoms with Gasteiger partial charge in [-0.25, -0.2) is 0 Å². The fourth-order valence-electron chi connectivity index (χ4n) is 2.42. The Hall–Kier alpha value is -2.75. The molecule has 0 fully saturated rings. The molecule has 2 N–H and O–H groups in total. The number of aromatic nitrogens is 1. The van der Waals surface area contributed by atoms with Crippen LogP contribution in [0, 0.1) is 0 Å². The second-order valence-corrected chi connectivity index (χ2v) is 4.73. The van der Waals surface area contributed by atoms with Crippen LogP contribution in [0.15, 0.2) is 59.4 Å². The van der Waals surface area contributed by atoms with E-state index >= 15 is 0 Å². The van der Waals surface area contributed by atoms with Crippen LogP contribution >= 0.6 is 0 Å². The molecule has 3 aromatic rings. The number of fused-ring (bicyclic) bond motifs is 1. The number of rotatable bonds is 3. The first-order chi connectivity index (χ1) is 10.2. The second kappa shape index (κ2) is 5.32. The monoisotopic (exact) mass is 280 g/mol. The van der Waals surface area contributed by atoms with Crippen LogP contribution in [0.5, 0.6) is 5.75 Å². The molecule has 0 atom stereocenters. The Balaban J connectivity index is 2.25. The van der Waals surface area contributed by atoms with Gasteiger partial charge in [-0.05, 0) is 36.6 Å². The predicted octanol–water partition coefficient (Wildman–Crippen LogP) is 2.97. The minimum absolute atomic E-state index is 0.126. The van der Waals surface area contributed by atoms with Crippen molar-refractivity contribution in [2.75, 3.05) is 12.3 Å². The number of nitrogens with two attached hydrogens (primary N) is 1. The number of hydrogen-bond acceptors (Lipinski definition) is 3. The molecule has 0 spiro atoms. The Morgan fingerprint density at radius 3 is 2.71 bits per heavy atom. The number of ether oxygens (including phenoxy) is 1. The lowest BCUT2D eigenvalue weighted by molar-refractivity contribution is 0.340. The van der Waals surface area contributed by atoms with Crippen LogP contribution in [0.4, 0.5) is 5.82 Å². The highest BCUT2D eigenvalue weighted by Gasteiger charge is 2.09. The minimum atomic E-state index is -0.126. The molecule has 1 heterocycles. The molecular formula is C17H16N2O2. The number of hydrogen-bond donors (Lipinski definition) is 1. The second-order valence-electron chi connectivity index (χ2n) is 4.73. The zero-order valence-corrected chi connectivity index (χ0v) is 11.7. The number of nitrogen functional groups attached to an aromatic ring is 1. The predicted molar refractivity (Wildman–Crippen MR) is 85.1 cm³/mol. The summed E-state index contributed by atoms with van der Waals surface area (Å²) in [5, 5.41) is 1.49. The highest BCUT2D eigenvalue weighted by Crippen LogP contribution is 2.20. The molecule has 21 heavy (non-hydrogen) atoms. The number of pyridine rings is 1. The molecule has 4 heteroatoms. The van der Waals surface area contributed by atoms with Crippen molar-refractivity contribution in [3.63, 3.8) is 0 Å². The summed E-state index contributed by atoms with van der Waals surface area (Å²) in [6, 6.07) is 16.6. The zero-order valence-electron chi connectivity index (χ0n) is 11.7. The van der Waals surface area contributed by atoms with Gasteiger partial charge in [-0.1, -0.05) is 24.3 Å². The van der Waals surface area contributed by atoms with Gasteiger partial charge in [0, 0.05) is 11.5 Å². The maximum Gasteiger partial charge on any atom is 0.264 e. The Morgan fingerprint density at radius 1 is 1.10 bits per heavy atom. The van der Waals surface area contributed by atoms with Gasteiger partial charge >= 0.3 is 0 Å². The fraction of sp³-hybridized carbons (Fsp3) is 0.118. The van der Waals surface area contributed by atoms with Gasteiger partial charge in [-0.3, -0.25) is 9.36 Å². The van der Waals surface area contributed by atoms with Gasteiger partial charge < -0.3 is 10.5 Å². The third-order valence-electron chi connectivity index (χ3n) is 3.34. The van der Waals surface area contributed by atoms with Gasteiger partial charge in [0.1, 0.15) is 11.6 Å². The minimum Gasteiger partial charge on any atom is -0.494 e. The van der Waals surface area contributed by atoms with Gasteiger partial charge in [0.2, 0.25) is 0 Å². The molecule has 106 valence electrons. The number of nitrogens with zero attached hydrogens (tertiary/aromatic N) is 1. The van der Waals surface area contributed by atoms with E-state index < -0.39 is 0 Å². The summed E-state index contributed by atoms with van der Waals surface area (Å²) in [6.45, 7) is 2.49. The summed E-state index contributed by atoms with van der Waals surface area (Å²) in [5.41, 5.74) is 6.64. The van der Waals surface area contributed by atoms with E-state index in [1.807, 2.05) is 55.5 Å². The van der Waals surface area contributed by atoms with Crippen LogP contribution in [0.3, 0.4) is 0 Å². The summed E-state index contributed by atoms with van der Waals surface area (Å²) >= 11 is 0. The molecule has 3 rings (SSSR count). The highest BCUT2D eigenvalue weighted by molar-refractivity contribution is 5.84. The summed E-state index contributed by atoms with van der Waals surface area (Å²) in [5.74, 6) is 1.13. The molecule has 0 bridgehead atoms. The molecule has 4 nitrogen and oxygen atoms in total. The standard InChI is InChI=1S/C17H16N2O2/c1-2-21-14-8-5-7-13(11-14)19-16(18)10-12-6-3-4-9-15(12)17(19)20/h3-11H,2,18H2,1H3. The molecular weight excluding hydrogens is 264 g/mol. The summed E-state index contributed by atoms with van der Waals surface area (Å²) in [6.07, 6.45) is 0. The molecule has 1 aromatic heterocycles. The molecule has 0 unspecified atom stereocenters. The van der Waals surface area contributed by atoms with Crippen molar-refractivity contribution >= 4 is 16.6 Å². The number of anilines is 1. The van der Waals surface area contributed by atoms with Gasteiger partial charge in [-0.2, -0.15) is 0 Å². The summed E-state index contributed by atoms with van der Waals surface area (Å²) in [4.78, 5) is 12.7. The molecule has 2 aromatic carbocycles. The van der Waals surface area contributed by atoms with Crippen molar-refractivity contribution in [3.05, 3.63) is 65.0 Å². The largest absolute Gasteiger partial charge is 0.494 e. The maximum atomic E-state index is 12.7. The normalized spacial score (nSPS) is 10.7. The zero-order chi connectivity index (χ0) is 14.8. The van der Waals surface area contributed by atoms with E-state index in [0.717, 1.165) is 11.1 Å². The lowest BCUT2D eigenvalue weighted by Crippen LogP contribution is -2.21. The van der Waals surface area contributed by atoms with Crippen LogP contribution in [-0.2, 0) is 0 Å². The van der Waals surface area contributed by atoms with Gasteiger partial charge in [0.15, 0.2) is 0 Å². The Kier molecular flexibility index (Phi) is 3.36. The average Bonchev–Trinajstić information content (AvgIpc) is 2.48. The van der Waals surface area contributed by atoms with E-state index in [4.69, 9.17) is 10.5 Å². The first-order valence-corrected chi connectivity index (χ1v) is 6.84. The van der Waals surface area contributed by atoms with Crippen molar-refractivity contribution < 1.29 is 4.74 Å². The molecule has 0 aliphatic carbocycles. The van der Waals surface area contributed by atoms with Crippen LogP contribution < -0.4 is 16.0 Å². The molecule has 0 saturated heterocycles. The van der Waals surface area contributed by atoms with Crippen molar-refractivity contribution in [2.45, 2.75) is 6.92 Å². The molecule has 0 saturated carbocycles. The molecule has 0 radical (unpaired) electrons. The SMILES string of the molecule is CCOc1cccc(-n2c(N)cc3ccccc3c2=O)c1. The first kappa shape index (κ1) is 13.2. The van der Waals surface area contributed by atoms with Crippen molar-refractivity contribution in [1.29, 1.82) is 0 Å². The first-order valence-electron chi connectivity index (χ1n) is 6.84. The van der Waals surface area contributed by atoms with Crippen molar-refractivity contribution in [1.82, 2.24) is 4.57 Å². The third-order valence-corrected chi connectivity index (χ3v) is 3.34. The van der Waals surface area contributed by atoms with Gasteiger partial charge in [0.25, 0.3) is 5.56 Å². The lowest BCUT2D eigenvalue weighted by atomic mass is 10.1. The molecule has 0 aliphatic rings. The van der Waals surface area contributed by atoms with E-state index in [0.29, 0.717) is 23.5 Å². The quantitative estimate of drug-likeness (QED) is 0.802. The Morgan fingerprint density at radius 2 is 1.90 bits per heavy atom. The van der Waals surface area contributed by atoms with E-state index in [1.165, 1.54) is 4.57 Å². The van der Waals surface area contributed by atoms with E-state index in [2.05, 4.69) is 0 Å². The smallest absolute Gasteiger partial charge is 0.264 e. The molecule has 0 amide bonds. The third kappa shape index (κ3) is 2.36. The van der Waals surface area contributed by atoms with Gasteiger partial charge in [-0.15, -0.1) is 0 Å². The fourth-order valence-corrected chi connectivity index (χ4v) is 2.42. The Labute approximate surface area is 122 Å².